The molecule has 0 saturated carbocycles. The lowest BCUT2D eigenvalue weighted by atomic mass is 10.0. The highest BCUT2D eigenvalue weighted by molar-refractivity contribution is 7.99. The van der Waals surface area contributed by atoms with Crippen LogP contribution in [0.2, 0.25) is 0 Å². The molecule has 4 aromatic rings. The summed E-state index contributed by atoms with van der Waals surface area (Å²) in [7, 11) is 0. The maximum atomic E-state index is 13.1. The Hall–Kier alpha value is -3.13. The van der Waals surface area contributed by atoms with E-state index in [1.807, 2.05) is 51.8 Å². The van der Waals surface area contributed by atoms with E-state index in [4.69, 9.17) is 0 Å². The average molecular weight is 462 g/mol. The lowest BCUT2D eigenvalue weighted by Crippen LogP contribution is -2.36. The topological polar surface area (TPSA) is 72.5 Å². The predicted octanol–water partition coefficient (Wildman–Crippen LogP) is 4.31. The molecule has 2 aromatic carbocycles. The fourth-order valence-corrected chi connectivity index (χ4v) is 5.36. The van der Waals surface area contributed by atoms with Gasteiger partial charge < -0.3 is 4.90 Å². The minimum Gasteiger partial charge on any atom is -0.311 e. The van der Waals surface area contributed by atoms with Gasteiger partial charge in [-0.15, -0.1) is 10.2 Å². The molecule has 0 saturated heterocycles. The molecule has 7 nitrogen and oxygen atoms in total. The van der Waals surface area contributed by atoms with Gasteiger partial charge in [0.25, 0.3) is 5.56 Å². The van der Waals surface area contributed by atoms with Crippen molar-refractivity contribution in [2.75, 3.05) is 17.2 Å². The molecule has 3 heterocycles. The van der Waals surface area contributed by atoms with Crippen molar-refractivity contribution < 1.29 is 4.79 Å². The van der Waals surface area contributed by atoms with Gasteiger partial charge >= 0.3 is 0 Å². The van der Waals surface area contributed by atoms with E-state index in [1.165, 1.54) is 17.3 Å². The van der Waals surface area contributed by atoms with E-state index in [-0.39, 0.29) is 17.2 Å². The lowest BCUT2D eigenvalue weighted by molar-refractivity contribution is -0.116. The van der Waals surface area contributed by atoms with Gasteiger partial charge in [0.1, 0.15) is 0 Å². The lowest BCUT2D eigenvalue weighted by Gasteiger charge is -2.29. The number of thioether (sulfide) groups is 1. The summed E-state index contributed by atoms with van der Waals surface area (Å²) < 4.78 is 3.64. The molecular weight excluding hydrogens is 434 g/mol. The Morgan fingerprint density at radius 2 is 1.88 bits per heavy atom. The van der Waals surface area contributed by atoms with Gasteiger partial charge in [-0.3, -0.25) is 18.6 Å². The first-order valence-electron chi connectivity index (χ1n) is 11.6. The number of hydrogen-bond donors (Lipinski definition) is 0. The van der Waals surface area contributed by atoms with Crippen LogP contribution in [0.15, 0.2) is 58.5 Å². The molecular formula is C25H27N5O2S. The maximum absolute atomic E-state index is 13.1. The number of benzene rings is 2. The number of hydrogen-bond acceptors (Lipinski definition) is 5. The van der Waals surface area contributed by atoms with Crippen molar-refractivity contribution in [3.63, 3.8) is 0 Å². The largest absolute Gasteiger partial charge is 0.311 e. The number of carbonyl (C=O) groups is 1. The number of nitrogens with zero attached hydrogens (tertiary/aromatic N) is 5. The van der Waals surface area contributed by atoms with E-state index >= 15 is 0 Å². The summed E-state index contributed by atoms with van der Waals surface area (Å²) in [5.74, 6) is 0.857. The molecule has 33 heavy (non-hydrogen) atoms. The first-order valence-corrected chi connectivity index (χ1v) is 12.6. The fraction of sp³-hybridized carbons (Fsp3) is 0.360. The van der Waals surface area contributed by atoms with Crippen LogP contribution in [0, 0.1) is 0 Å². The molecule has 0 aliphatic carbocycles. The minimum atomic E-state index is -0.0425. The minimum absolute atomic E-state index is 0.0425. The zero-order valence-corrected chi connectivity index (χ0v) is 19.6. The molecule has 1 aliphatic heterocycles. The Morgan fingerprint density at radius 1 is 1.06 bits per heavy atom. The van der Waals surface area contributed by atoms with E-state index in [2.05, 4.69) is 23.2 Å². The number of anilines is 1. The van der Waals surface area contributed by atoms with Gasteiger partial charge in [0.05, 0.1) is 16.7 Å². The molecule has 170 valence electrons. The Balaban J connectivity index is 1.47. The normalized spacial score (nSPS) is 13.5. The number of carbonyl (C=O) groups excluding carboxylic acids is 1. The second-order valence-corrected chi connectivity index (χ2v) is 9.31. The smallest absolute Gasteiger partial charge is 0.262 e. The number of unbranched alkanes of at least 4 members (excludes halogenated alkanes) is 2. The van der Waals surface area contributed by atoms with Gasteiger partial charge in [0.2, 0.25) is 11.7 Å². The highest BCUT2D eigenvalue weighted by Gasteiger charge is 2.23. The molecule has 5 rings (SSSR count). The van der Waals surface area contributed by atoms with Crippen molar-refractivity contribution in [3.8, 4) is 0 Å². The number of amides is 1. The van der Waals surface area contributed by atoms with E-state index in [0.29, 0.717) is 22.9 Å². The van der Waals surface area contributed by atoms with Gasteiger partial charge in [-0.05, 0) is 43.0 Å². The molecule has 2 aromatic heterocycles. The van der Waals surface area contributed by atoms with Crippen LogP contribution in [0.1, 0.15) is 38.2 Å². The van der Waals surface area contributed by atoms with E-state index < -0.39 is 0 Å². The number of fused-ring (bicyclic) bond motifs is 4. The molecule has 1 aliphatic rings. The number of para-hydroxylation sites is 2. The highest BCUT2D eigenvalue weighted by atomic mass is 32.2. The van der Waals surface area contributed by atoms with Crippen LogP contribution in [0.25, 0.3) is 16.7 Å². The molecule has 0 fully saturated rings. The highest BCUT2D eigenvalue weighted by Crippen LogP contribution is 2.28. The van der Waals surface area contributed by atoms with Crippen molar-refractivity contribution in [1.82, 2.24) is 19.2 Å². The molecule has 0 atom stereocenters. The summed E-state index contributed by atoms with van der Waals surface area (Å²) in [5, 5.41) is 10.0. The first kappa shape index (κ1) is 21.7. The average Bonchev–Trinajstić information content (AvgIpc) is 3.28. The third-order valence-electron chi connectivity index (χ3n) is 6.20. The molecule has 0 unspecified atom stereocenters. The Labute approximate surface area is 196 Å². The van der Waals surface area contributed by atoms with Crippen molar-refractivity contribution >= 4 is 40.0 Å². The molecule has 0 N–H and O–H groups in total. The van der Waals surface area contributed by atoms with Crippen LogP contribution >= 0.6 is 11.8 Å². The monoisotopic (exact) mass is 461 g/mol. The van der Waals surface area contributed by atoms with Gasteiger partial charge in [0, 0.05) is 18.8 Å². The van der Waals surface area contributed by atoms with Gasteiger partial charge in [-0.25, -0.2) is 0 Å². The van der Waals surface area contributed by atoms with Gasteiger partial charge in [-0.2, -0.15) is 0 Å². The summed E-state index contributed by atoms with van der Waals surface area (Å²) in [6, 6.07) is 15.7. The summed E-state index contributed by atoms with van der Waals surface area (Å²) >= 11 is 1.37. The Kier molecular flexibility index (Phi) is 6.17. The third kappa shape index (κ3) is 4.04. The van der Waals surface area contributed by atoms with Gasteiger partial charge in [0.15, 0.2) is 5.16 Å². The quantitative estimate of drug-likeness (QED) is 0.303. The van der Waals surface area contributed by atoms with Crippen molar-refractivity contribution in [1.29, 1.82) is 0 Å². The summed E-state index contributed by atoms with van der Waals surface area (Å²) in [6.07, 6.45) is 5.01. The first-order chi connectivity index (χ1) is 16.2. The summed E-state index contributed by atoms with van der Waals surface area (Å²) in [4.78, 5) is 28.2. The molecule has 8 heteroatoms. The summed E-state index contributed by atoms with van der Waals surface area (Å²) in [5.41, 5.74) is 2.96. The fourth-order valence-electron chi connectivity index (χ4n) is 4.55. The van der Waals surface area contributed by atoms with Crippen molar-refractivity contribution in [2.24, 2.45) is 0 Å². The Morgan fingerprint density at radius 3 is 2.76 bits per heavy atom. The molecule has 0 bridgehead atoms. The standard InChI is InChI=1S/C25H27N5O2S/c1-2-3-8-15-29-23(32)19-12-5-7-14-21(19)30-24(29)26-27-25(30)33-17-22(31)28-16-9-11-18-10-4-6-13-20(18)28/h4-7,10,12-14H,2-3,8-9,11,15-17H2,1H3. The SMILES string of the molecule is CCCCCn1c(=O)c2ccccc2n2c(SCC(=O)N3CCCc4ccccc43)nnc12. The molecule has 0 radical (unpaired) electrons. The van der Waals surface area contributed by atoms with Crippen LogP contribution < -0.4 is 10.5 Å². The van der Waals surface area contributed by atoms with Gasteiger partial charge in [-0.1, -0.05) is 61.9 Å². The second kappa shape index (κ2) is 9.39. The van der Waals surface area contributed by atoms with E-state index in [0.717, 1.165) is 49.9 Å². The van der Waals surface area contributed by atoms with Crippen molar-refractivity contribution in [3.05, 3.63) is 64.4 Å². The summed E-state index contributed by atoms with van der Waals surface area (Å²) in [6.45, 7) is 3.48. The van der Waals surface area contributed by atoms with E-state index in [9.17, 15) is 9.59 Å². The van der Waals surface area contributed by atoms with Crippen molar-refractivity contribution in [2.45, 2.75) is 50.7 Å². The maximum Gasteiger partial charge on any atom is 0.262 e. The zero-order valence-electron chi connectivity index (χ0n) is 18.7. The van der Waals surface area contributed by atoms with Crippen LogP contribution in [0.5, 0.6) is 0 Å². The Bertz CT molecular complexity index is 1380. The van der Waals surface area contributed by atoms with Crippen LogP contribution in [0.4, 0.5) is 5.69 Å². The third-order valence-corrected chi connectivity index (χ3v) is 7.11. The molecule has 0 spiro atoms. The number of rotatable bonds is 7. The van der Waals surface area contributed by atoms with Crippen LogP contribution in [-0.4, -0.2) is 37.4 Å². The second-order valence-electron chi connectivity index (χ2n) is 8.37. The number of aromatic nitrogens is 4. The van der Waals surface area contributed by atoms with E-state index in [1.54, 1.807) is 4.57 Å². The number of aryl methyl sites for hydroxylation is 2. The zero-order chi connectivity index (χ0) is 22.8. The molecule has 1 amide bonds. The predicted molar refractivity (Wildman–Crippen MR) is 132 cm³/mol. The van der Waals surface area contributed by atoms with Crippen LogP contribution in [-0.2, 0) is 17.8 Å². The van der Waals surface area contributed by atoms with Crippen LogP contribution in [0.3, 0.4) is 0 Å².